The molecule has 2 saturated heterocycles. The minimum Gasteiger partial charge on any atom is -0.446 e. The molecule has 3 unspecified atom stereocenters. The van der Waals surface area contributed by atoms with Crippen molar-refractivity contribution in [2.45, 2.75) is 51.7 Å². The number of carbonyl (C=O) groups is 1. The predicted octanol–water partition coefficient (Wildman–Crippen LogP) is 1.52. The maximum Gasteiger partial charge on any atom is 0.225 e. The second-order valence-electron chi connectivity index (χ2n) is 5.49. The number of amides is 1. The fourth-order valence-corrected chi connectivity index (χ4v) is 3.15. The minimum absolute atomic E-state index is 0.0545. The summed E-state index contributed by atoms with van der Waals surface area (Å²) in [7, 11) is 0. The van der Waals surface area contributed by atoms with Gasteiger partial charge in [-0.2, -0.15) is 0 Å². The Balaban J connectivity index is 1.47. The molecule has 2 bridgehead atoms. The maximum atomic E-state index is 12.1. The van der Waals surface area contributed by atoms with Crippen molar-refractivity contribution in [3.63, 3.8) is 0 Å². The Hall–Kier alpha value is -1.36. The van der Waals surface area contributed by atoms with Gasteiger partial charge in [-0.25, -0.2) is 4.98 Å². The number of hydrogen-bond acceptors (Lipinski definition) is 4. The number of aromatic nitrogens is 1. The first-order chi connectivity index (χ1) is 9.13. The van der Waals surface area contributed by atoms with E-state index >= 15 is 0 Å². The van der Waals surface area contributed by atoms with E-state index in [2.05, 4.69) is 10.3 Å². The number of aryl methyl sites for hydroxylation is 2. The lowest BCUT2D eigenvalue weighted by atomic mass is 9.88. The Morgan fingerprint density at radius 1 is 1.42 bits per heavy atom. The number of nitrogens with zero attached hydrogens (tertiary/aromatic N) is 1. The lowest BCUT2D eigenvalue weighted by molar-refractivity contribution is -0.126. The summed E-state index contributed by atoms with van der Waals surface area (Å²) in [6, 6.07) is 0. The standard InChI is InChI=1S/C14H20N2O3/c1-8-12(16-9(2)18-8)5-6-15-14(17)11-7-10-3-4-13(11)19-10/h10-11,13H,3-7H2,1-2H3,(H,15,17). The summed E-state index contributed by atoms with van der Waals surface area (Å²) < 4.78 is 11.1. The molecule has 1 aromatic heterocycles. The van der Waals surface area contributed by atoms with Crippen molar-refractivity contribution >= 4 is 5.91 Å². The van der Waals surface area contributed by atoms with Crippen molar-refractivity contribution in [3.05, 3.63) is 17.3 Å². The molecule has 19 heavy (non-hydrogen) atoms. The van der Waals surface area contributed by atoms with Crippen molar-refractivity contribution in [2.75, 3.05) is 6.54 Å². The zero-order valence-corrected chi connectivity index (χ0v) is 11.4. The van der Waals surface area contributed by atoms with Crippen molar-refractivity contribution in [3.8, 4) is 0 Å². The molecule has 1 aromatic rings. The van der Waals surface area contributed by atoms with Crippen LogP contribution < -0.4 is 5.32 Å². The zero-order valence-electron chi connectivity index (χ0n) is 11.4. The molecule has 3 heterocycles. The molecular formula is C14H20N2O3. The fourth-order valence-electron chi connectivity index (χ4n) is 3.15. The van der Waals surface area contributed by atoms with Crippen LogP contribution in [-0.4, -0.2) is 29.6 Å². The average Bonchev–Trinajstić information content (AvgIpc) is 3.05. The molecule has 2 aliphatic rings. The van der Waals surface area contributed by atoms with Gasteiger partial charge in [0.15, 0.2) is 5.89 Å². The Morgan fingerprint density at radius 2 is 2.26 bits per heavy atom. The number of nitrogens with one attached hydrogen (secondary N) is 1. The average molecular weight is 264 g/mol. The van der Waals surface area contributed by atoms with Crippen LogP contribution in [0.15, 0.2) is 4.42 Å². The Labute approximate surface area is 112 Å². The predicted molar refractivity (Wildman–Crippen MR) is 68.7 cm³/mol. The number of carbonyl (C=O) groups excluding carboxylic acids is 1. The third kappa shape index (κ3) is 2.52. The van der Waals surface area contributed by atoms with Gasteiger partial charge in [0.25, 0.3) is 0 Å². The summed E-state index contributed by atoms with van der Waals surface area (Å²) in [6.45, 7) is 4.35. The molecule has 104 valence electrons. The number of fused-ring (bicyclic) bond motifs is 2. The first-order valence-electron chi connectivity index (χ1n) is 6.99. The van der Waals surface area contributed by atoms with E-state index in [4.69, 9.17) is 9.15 Å². The molecule has 0 aliphatic carbocycles. The molecular weight excluding hydrogens is 244 g/mol. The lowest BCUT2D eigenvalue weighted by Crippen LogP contribution is -2.37. The summed E-state index contributed by atoms with van der Waals surface area (Å²) in [4.78, 5) is 16.4. The summed E-state index contributed by atoms with van der Waals surface area (Å²) >= 11 is 0. The van der Waals surface area contributed by atoms with Crippen molar-refractivity contribution < 1.29 is 13.9 Å². The Bertz CT molecular complexity index is 483. The third-order valence-corrected chi connectivity index (χ3v) is 4.10. The monoisotopic (exact) mass is 264 g/mol. The van der Waals surface area contributed by atoms with Gasteiger partial charge >= 0.3 is 0 Å². The van der Waals surface area contributed by atoms with E-state index in [-0.39, 0.29) is 17.9 Å². The van der Waals surface area contributed by atoms with Gasteiger partial charge in [-0.3, -0.25) is 4.79 Å². The first-order valence-corrected chi connectivity index (χ1v) is 6.99. The van der Waals surface area contributed by atoms with Crippen molar-refractivity contribution in [1.29, 1.82) is 0 Å². The highest BCUT2D eigenvalue weighted by Crippen LogP contribution is 2.38. The van der Waals surface area contributed by atoms with Gasteiger partial charge < -0.3 is 14.5 Å². The normalized spacial score (nSPS) is 28.8. The van der Waals surface area contributed by atoms with Gasteiger partial charge in [-0.05, 0) is 26.2 Å². The van der Waals surface area contributed by atoms with Crippen LogP contribution in [-0.2, 0) is 16.0 Å². The van der Waals surface area contributed by atoms with Gasteiger partial charge in [0, 0.05) is 19.9 Å². The van der Waals surface area contributed by atoms with Crippen LogP contribution >= 0.6 is 0 Å². The number of rotatable bonds is 4. The van der Waals surface area contributed by atoms with Crippen LogP contribution in [0.3, 0.4) is 0 Å². The van der Waals surface area contributed by atoms with Gasteiger partial charge in [-0.15, -0.1) is 0 Å². The highest BCUT2D eigenvalue weighted by Gasteiger charge is 2.44. The van der Waals surface area contributed by atoms with Gasteiger partial charge in [0.05, 0.1) is 23.8 Å². The van der Waals surface area contributed by atoms with Crippen LogP contribution in [0.5, 0.6) is 0 Å². The molecule has 0 saturated carbocycles. The molecule has 2 aliphatic heterocycles. The van der Waals surface area contributed by atoms with Crippen LogP contribution in [0.4, 0.5) is 0 Å². The van der Waals surface area contributed by atoms with E-state index in [1.165, 1.54) is 0 Å². The molecule has 5 heteroatoms. The summed E-state index contributed by atoms with van der Waals surface area (Å²) in [5, 5.41) is 2.99. The summed E-state index contributed by atoms with van der Waals surface area (Å²) in [6.07, 6.45) is 4.23. The van der Waals surface area contributed by atoms with E-state index in [0.717, 1.165) is 37.1 Å². The number of ether oxygens (including phenoxy) is 1. The van der Waals surface area contributed by atoms with E-state index in [9.17, 15) is 4.79 Å². The minimum atomic E-state index is 0.0545. The van der Waals surface area contributed by atoms with Crippen molar-refractivity contribution in [1.82, 2.24) is 10.3 Å². The number of hydrogen-bond donors (Lipinski definition) is 1. The Morgan fingerprint density at radius 3 is 2.84 bits per heavy atom. The van der Waals surface area contributed by atoms with Crippen LogP contribution in [0.2, 0.25) is 0 Å². The van der Waals surface area contributed by atoms with Crippen LogP contribution in [0.25, 0.3) is 0 Å². The second kappa shape index (κ2) is 4.96. The zero-order chi connectivity index (χ0) is 13.4. The van der Waals surface area contributed by atoms with Crippen LogP contribution in [0, 0.1) is 19.8 Å². The smallest absolute Gasteiger partial charge is 0.225 e. The van der Waals surface area contributed by atoms with Gasteiger partial charge in [0.1, 0.15) is 5.76 Å². The molecule has 2 fully saturated rings. The SMILES string of the molecule is Cc1nc(CCNC(=O)C2CC3CCC2O3)c(C)o1. The third-order valence-electron chi connectivity index (χ3n) is 4.10. The molecule has 0 aromatic carbocycles. The highest BCUT2D eigenvalue weighted by atomic mass is 16.5. The molecule has 1 N–H and O–H groups in total. The van der Waals surface area contributed by atoms with Crippen molar-refractivity contribution in [2.24, 2.45) is 5.92 Å². The molecule has 3 rings (SSSR count). The topological polar surface area (TPSA) is 64.4 Å². The molecule has 3 atom stereocenters. The maximum absolute atomic E-state index is 12.1. The largest absolute Gasteiger partial charge is 0.446 e. The highest BCUT2D eigenvalue weighted by molar-refractivity contribution is 5.79. The van der Waals surface area contributed by atoms with E-state index in [0.29, 0.717) is 18.5 Å². The lowest BCUT2D eigenvalue weighted by Gasteiger charge is -2.17. The molecule has 0 spiro atoms. The van der Waals surface area contributed by atoms with E-state index in [1.54, 1.807) is 0 Å². The van der Waals surface area contributed by atoms with E-state index in [1.807, 2.05) is 13.8 Å². The second-order valence-corrected chi connectivity index (χ2v) is 5.49. The van der Waals surface area contributed by atoms with E-state index < -0.39 is 0 Å². The summed E-state index contributed by atoms with van der Waals surface area (Å²) in [5.41, 5.74) is 0.932. The first kappa shape index (κ1) is 12.7. The van der Waals surface area contributed by atoms with Crippen LogP contribution in [0.1, 0.15) is 36.6 Å². The quantitative estimate of drug-likeness (QED) is 0.895. The Kier molecular flexibility index (Phi) is 3.31. The van der Waals surface area contributed by atoms with Gasteiger partial charge in [0.2, 0.25) is 5.91 Å². The fraction of sp³-hybridized carbons (Fsp3) is 0.714. The molecule has 1 amide bonds. The molecule has 5 nitrogen and oxygen atoms in total. The number of oxazole rings is 1. The van der Waals surface area contributed by atoms with Gasteiger partial charge in [-0.1, -0.05) is 0 Å². The molecule has 0 radical (unpaired) electrons. The summed E-state index contributed by atoms with van der Waals surface area (Å²) in [5.74, 6) is 1.71.